The summed E-state index contributed by atoms with van der Waals surface area (Å²) in [7, 11) is -3.89. The molecule has 2 fully saturated rings. The molecule has 1 saturated carbocycles. The molecule has 5 rings (SSSR count). The molecule has 2 unspecified atom stereocenters. The van der Waals surface area contributed by atoms with Gasteiger partial charge in [0, 0.05) is 18.2 Å². The number of H-pyrrole nitrogens is 1. The molecule has 0 spiro atoms. The minimum absolute atomic E-state index is 0.0195. The van der Waals surface area contributed by atoms with Crippen molar-refractivity contribution in [2.45, 2.75) is 37.1 Å². The molecule has 1 aliphatic carbocycles. The first-order valence-corrected chi connectivity index (χ1v) is 10.1. The van der Waals surface area contributed by atoms with Crippen LogP contribution in [0.25, 0.3) is 16.8 Å². The second kappa shape index (κ2) is 5.66. The van der Waals surface area contributed by atoms with E-state index in [4.69, 9.17) is 0 Å². The van der Waals surface area contributed by atoms with Crippen LogP contribution in [0.3, 0.4) is 0 Å². The third-order valence-corrected chi connectivity index (χ3v) is 6.80. The van der Waals surface area contributed by atoms with Gasteiger partial charge in [0.2, 0.25) is 0 Å². The first-order valence-electron chi connectivity index (χ1n) is 8.65. The highest BCUT2D eigenvalue weighted by molar-refractivity contribution is 7.87. The van der Waals surface area contributed by atoms with Gasteiger partial charge < -0.3 is 4.98 Å². The molecule has 1 aliphatic heterocycles. The molecular formula is C15H17F2N7O2S. The van der Waals surface area contributed by atoms with Crippen molar-refractivity contribution in [1.82, 2.24) is 33.6 Å². The topological polar surface area (TPSA) is 108 Å². The standard InChI is InChI=1S/C15H17F2N7O2S/c16-15(17)7-23(8-15)27(25,26)22-10-2-1-9(5-10)14-21-20-12-6-19-13-11(24(12)14)3-4-18-13/h3-4,6,9-10,18,22H,1-2,5,7-8H2. The van der Waals surface area contributed by atoms with Gasteiger partial charge in [-0.15, -0.1) is 10.2 Å². The van der Waals surface area contributed by atoms with Crippen molar-refractivity contribution >= 4 is 27.0 Å². The Morgan fingerprint density at radius 2 is 2.07 bits per heavy atom. The van der Waals surface area contributed by atoms with Crippen LogP contribution < -0.4 is 4.72 Å². The fraction of sp³-hybridized carbons (Fsp3) is 0.533. The van der Waals surface area contributed by atoms with Crippen molar-refractivity contribution in [3.05, 3.63) is 24.3 Å². The molecule has 3 aromatic rings. The highest BCUT2D eigenvalue weighted by Crippen LogP contribution is 2.36. The van der Waals surface area contributed by atoms with Crippen LogP contribution in [0.4, 0.5) is 8.78 Å². The van der Waals surface area contributed by atoms with E-state index < -0.39 is 29.2 Å². The Morgan fingerprint density at radius 3 is 2.85 bits per heavy atom. The Kier molecular flexibility index (Phi) is 3.55. The minimum Gasteiger partial charge on any atom is -0.345 e. The number of hydrogen-bond acceptors (Lipinski definition) is 5. The zero-order valence-corrected chi connectivity index (χ0v) is 15.0. The van der Waals surface area contributed by atoms with Gasteiger partial charge in [-0.3, -0.25) is 4.40 Å². The van der Waals surface area contributed by atoms with Crippen LogP contribution in [0.2, 0.25) is 0 Å². The quantitative estimate of drug-likeness (QED) is 0.684. The molecule has 0 aromatic carbocycles. The van der Waals surface area contributed by atoms with E-state index in [0.29, 0.717) is 18.5 Å². The zero-order chi connectivity index (χ0) is 18.8. The molecule has 3 aromatic heterocycles. The summed E-state index contributed by atoms with van der Waals surface area (Å²) in [6.07, 6.45) is 5.31. The molecule has 144 valence electrons. The Bertz CT molecular complexity index is 1120. The van der Waals surface area contributed by atoms with Gasteiger partial charge >= 0.3 is 0 Å². The maximum Gasteiger partial charge on any atom is 0.280 e. The second-order valence-corrected chi connectivity index (χ2v) is 8.88. The SMILES string of the molecule is O=S(=O)(NC1CCC(c2nnc3cnc4[nH]ccc4n23)C1)N1CC(F)(F)C1. The number of fused-ring (bicyclic) bond motifs is 3. The van der Waals surface area contributed by atoms with E-state index in [2.05, 4.69) is 24.9 Å². The lowest BCUT2D eigenvalue weighted by Gasteiger charge is -2.37. The number of halogens is 2. The maximum atomic E-state index is 13.0. The number of aromatic amines is 1. The fourth-order valence-electron chi connectivity index (χ4n) is 3.91. The smallest absolute Gasteiger partial charge is 0.280 e. The zero-order valence-electron chi connectivity index (χ0n) is 14.1. The lowest BCUT2D eigenvalue weighted by Crippen LogP contribution is -2.61. The number of aromatic nitrogens is 5. The Labute approximate surface area is 153 Å². The molecule has 1 saturated heterocycles. The fourth-order valence-corrected chi connectivity index (χ4v) is 5.41. The minimum atomic E-state index is -3.89. The van der Waals surface area contributed by atoms with E-state index in [-0.39, 0.29) is 12.0 Å². The first kappa shape index (κ1) is 17.0. The van der Waals surface area contributed by atoms with Crippen molar-refractivity contribution in [2.75, 3.05) is 13.1 Å². The predicted molar refractivity (Wildman–Crippen MR) is 91.6 cm³/mol. The summed E-state index contributed by atoms with van der Waals surface area (Å²) in [5.41, 5.74) is 2.21. The summed E-state index contributed by atoms with van der Waals surface area (Å²) in [5, 5.41) is 8.46. The van der Waals surface area contributed by atoms with Gasteiger partial charge in [0.05, 0.1) is 24.8 Å². The normalized spacial score (nSPS) is 26.0. The monoisotopic (exact) mass is 397 g/mol. The largest absolute Gasteiger partial charge is 0.345 e. The molecule has 4 heterocycles. The highest BCUT2D eigenvalue weighted by atomic mass is 32.2. The van der Waals surface area contributed by atoms with Crippen molar-refractivity contribution in [2.24, 2.45) is 0 Å². The van der Waals surface area contributed by atoms with Crippen LogP contribution in [0.5, 0.6) is 0 Å². The number of alkyl halides is 2. The molecule has 9 nitrogen and oxygen atoms in total. The summed E-state index contributed by atoms with van der Waals surface area (Å²) >= 11 is 0. The molecule has 12 heteroatoms. The van der Waals surface area contributed by atoms with Gasteiger partial charge in [0.25, 0.3) is 16.1 Å². The number of hydrogen-bond donors (Lipinski definition) is 2. The van der Waals surface area contributed by atoms with Crippen LogP contribution in [-0.4, -0.2) is 62.3 Å². The van der Waals surface area contributed by atoms with Crippen molar-refractivity contribution < 1.29 is 17.2 Å². The van der Waals surface area contributed by atoms with Gasteiger partial charge in [-0.1, -0.05) is 0 Å². The van der Waals surface area contributed by atoms with Gasteiger partial charge in [-0.2, -0.15) is 17.4 Å². The van der Waals surface area contributed by atoms with E-state index in [1.807, 2.05) is 10.5 Å². The van der Waals surface area contributed by atoms with Crippen LogP contribution in [0, 0.1) is 0 Å². The van der Waals surface area contributed by atoms with E-state index >= 15 is 0 Å². The first-order chi connectivity index (χ1) is 12.8. The van der Waals surface area contributed by atoms with Gasteiger partial charge in [-0.05, 0) is 25.3 Å². The van der Waals surface area contributed by atoms with Crippen molar-refractivity contribution in [1.29, 1.82) is 0 Å². The number of rotatable bonds is 4. The Hall–Kier alpha value is -2.18. The van der Waals surface area contributed by atoms with Crippen LogP contribution in [-0.2, 0) is 10.2 Å². The van der Waals surface area contributed by atoms with E-state index in [0.717, 1.165) is 27.7 Å². The van der Waals surface area contributed by atoms with E-state index in [9.17, 15) is 17.2 Å². The lowest BCUT2D eigenvalue weighted by molar-refractivity contribution is -0.0950. The predicted octanol–water partition coefficient (Wildman–Crippen LogP) is 1.03. The Balaban J connectivity index is 1.36. The summed E-state index contributed by atoms with van der Waals surface area (Å²) in [6, 6.07) is 1.58. The molecule has 0 amide bonds. The summed E-state index contributed by atoms with van der Waals surface area (Å²) in [5.74, 6) is -2.15. The average molecular weight is 397 g/mol. The third kappa shape index (κ3) is 2.78. The number of nitrogens with zero attached hydrogens (tertiary/aromatic N) is 5. The third-order valence-electron chi connectivity index (χ3n) is 5.24. The highest BCUT2D eigenvalue weighted by Gasteiger charge is 2.50. The van der Waals surface area contributed by atoms with E-state index in [1.54, 1.807) is 12.4 Å². The molecule has 2 aliphatic rings. The molecule has 27 heavy (non-hydrogen) atoms. The summed E-state index contributed by atoms with van der Waals surface area (Å²) in [4.78, 5) is 7.33. The summed E-state index contributed by atoms with van der Waals surface area (Å²) in [6.45, 7) is -1.52. The van der Waals surface area contributed by atoms with E-state index in [1.165, 1.54) is 0 Å². The number of nitrogens with one attached hydrogen (secondary N) is 2. The van der Waals surface area contributed by atoms with Gasteiger partial charge in [0.15, 0.2) is 11.3 Å². The second-order valence-electron chi connectivity index (χ2n) is 7.18. The molecular weight excluding hydrogens is 380 g/mol. The molecule has 0 radical (unpaired) electrons. The molecule has 2 N–H and O–H groups in total. The van der Waals surface area contributed by atoms with Crippen molar-refractivity contribution in [3.63, 3.8) is 0 Å². The van der Waals surface area contributed by atoms with Gasteiger partial charge in [-0.25, -0.2) is 13.8 Å². The van der Waals surface area contributed by atoms with Crippen LogP contribution in [0.1, 0.15) is 31.0 Å². The van der Waals surface area contributed by atoms with Crippen LogP contribution >= 0.6 is 0 Å². The molecule has 2 atom stereocenters. The van der Waals surface area contributed by atoms with Crippen LogP contribution in [0.15, 0.2) is 18.5 Å². The Morgan fingerprint density at radius 1 is 1.26 bits per heavy atom. The lowest BCUT2D eigenvalue weighted by atomic mass is 10.1. The van der Waals surface area contributed by atoms with Gasteiger partial charge in [0.1, 0.15) is 5.82 Å². The summed E-state index contributed by atoms with van der Waals surface area (Å²) < 4.78 is 55.7. The van der Waals surface area contributed by atoms with Crippen molar-refractivity contribution in [3.8, 4) is 0 Å². The molecule has 0 bridgehead atoms. The maximum absolute atomic E-state index is 13.0. The average Bonchev–Trinajstić information content (AvgIpc) is 3.29.